The molecule has 0 amide bonds. The van der Waals surface area contributed by atoms with Crippen molar-refractivity contribution in [2.75, 3.05) is 33.3 Å². The van der Waals surface area contributed by atoms with Gasteiger partial charge < -0.3 is 15.0 Å². The van der Waals surface area contributed by atoms with Crippen LogP contribution in [0.4, 0.5) is 0 Å². The van der Waals surface area contributed by atoms with E-state index in [0.29, 0.717) is 6.10 Å². The van der Waals surface area contributed by atoms with Crippen molar-refractivity contribution in [3.63, 3.8) is 0 Å². The molecule has 1 rings (SSSR count). The number of hydrogen-bond donors (Lipinski definition) is 1. The molecule has 0 radical (unpaired) electrons. The second-order valence-electron chi connectivity index (χ2n) is 4.43. The molecule has 4 heteroatoms. The smallest absolute Gasteiger partial charge is 0.0965 e. The lowest BCUT2D eigenvalue weighted by Crippen LogP contribution is -2.34. The Kier molecular flexibility index (Phi) is 6.39. The zero-order chi connectivity index (χ0) is 11.8. The van der Waals surface area contributed by atoms with E-state index in [1.165, 1.54) is 12.8 Å². The van der Waals surface area contributed by atoms with Gasteiger partial charge in [0.25, 0.3) is 0 Å². The second-order valence-corrected chi connectivity index (χ2v) is 4.43. The number of likely N-dealkylation sites (N-methyl/N-ethyl adjacent to an activating group) is 1. The van der Waals surface area contributed by atoms with Crippen LogP contribution in [0, 0.1) is 11.3 Å². The van der Waals surface area contributed by atoms with Gasteiger partial charge in [-0.3, -0.25) is 0 Å². The van der Waals surface area contributed by atoms with Crippen molar-refractivity contribution >= 4 is 0 Å². The van der Waals surface area contributed by atoms with E-state index in [9.17, 15) is 0 Å². The molecule has 16 heavy (non-hydrogen) atoms. The number of nitrogens with one attached hydrogen (secondary N) is 1. The third-order valence-corrected chi connectivity index (χ3v) is 2.95. The van der Waals surface area contributed by atoms with Gasteiger partial charge in [-0.1, -0.05) is 6.92 Å². The SMILES string of the molecule is CCNC(C#N)CCN(C)CC1CCCO1. The fraction of sp³-hybridized carbons (Fsp3) is 0.917. The molecule has 1 fully saturated rings. The molecule has 0 aromatic carbocycles. The van der Waals surface area contributed by atoms with E-state index < -0.39 is 0 Å². The van der Waals surface area contributed by atoms with E-state index in [0.717, 1.165) is 32.7 Å². The fourth-order valence-electron chi connectivity index (χ4n) is 2.04. The Bertz CT molecular complexity index is 221. The van der Waals surface area contributed by atoms with Crippen LogP contribution in [0.5, 0.6) is 0 Å². The molecule has 0 saturated carbocycles. The van der Waals surface area contributed by atoms with E-state index >= 15 is 0 Å². The minimum Gasteiger partial charge on any atom is -0.377 e. The minimum atomic E-state index is -0.0167. The van der Waals surface area contributed by atoms with Crippen molar-refractivity contribution < 1.29 is 4.74 Å². The van der Waals surface area contributed by atoms with Crippen molar-refractivity contribution in [1.82, 2.24) is 10.2 Å². The number of nitrogens with zero attached hydrogens (tertiary/aromatic N) is 2. The van der Waals surface area contributed by atoms with E-state index in [4.69, 9.17) is 10.00 Å². The fourth-order valence-corrected chi connectivity index (χ4v) is 2.04. The van der Waals surface area contributed by atoms with E-state index in [1.807, 2.05) is 6.92 Å². The summed E-state index contributed by atoms with van der Waals surface area (Å²) in [5.41, 5.74) is 0. The lowest BCUT2D eigenvalue weighted by atomic mass is 10.2. The van der Waals surface area contributed by atoms with Gasteiger partial charge in [0, 0.05) is 19.7 Å². The summed E-state index contributed by atoms with van der Waals surface area (Å²) < 4.78 is 5.58. The van der Waals surface area contributed by atoms with Crippen molar-refractivity contribution in [1.29, 1.82) is 5.26 Å². The Hall–Kier alpha value is -0.630. The molecule has 1 saturated heterocycles. The first-order valence-corrected chi connectivity index (χ1v) is 6.19. The maximum atomic E-state index is 8.90. The monoisotopic (exact) mass is 225 g/mol. The molecular weight excluding hydrogens is 202 g/mol. The van der Waals surface area contributed by atoms with Gasteiger partial charge in [-0.05, 0) is 32.9 Å². The van der Waals surface area contributed by atoms with E-state index in [1.54, 1.807) is 0 Å². The van der Waals surface area contributed by atoms with Crippen molar-refractivity contribution in [3.8, 4) is 6.07 Å². The van der Waals surface area contributed by atoms with Crippen LogP contribution in [0.1, 0.15) is 26.2 Å². The van der Waals surface area contributed by atoms with Crippen LogP contribution in [0.15, 0.2) is 0 Å². The first-order valence-electron chi connectivity index (χ1n) is 6.19. The summed E-state index contributed by atoms with van der Waals surface area (Å²) in [6.07, 6.45) is 3.66. The van der Waals surface area contributed by atoms with E-state index in [2.05, 4.69) is 23.3 Å². The molecule has 1 aliphatic heterocycles. The van der Waals surface area contributed by atoms with E-state index in [-0.39, 0.29) is 6.04 Å². The molecule has 1 heterocycles. The van der Waals surface area contributed by atoms with Crippen molar-refractivity contribution in [2.45, 2.75) is 38.3 Å². The highest BCUT2D eigenvalue weighted by molar-refractivity contribution is 4.89. The number of nitriles is 1. The lowest BCUT2D eigenvalue weighted by Gasteiger charge is -2.21. The zero-order valence-corrected chi connectivity index (χ0v) is 10.4. The molecule has 1 N–H and O–H groups in total. The largest absolute Gasteiger partial charge is 0.377 e. The summed E-state index contributed by atoms with van der Waals surface area (Å²) in [6, 6.07) is 2.27. The molecule has 0 bridgehead atoms. The summed E-state index contributed by atoms with van der Waals surface area (Å²) >= 11 is 0. The molecule has 2 atom stereocenters. The van der Waals surface area contributed by atoms with Gasteiger partial charge in [-0.25, -0.2) is 0 Å². The standard InChI is InChI=1S/C12H23N3O/c1-3-14-11(9-13)6-7-15(2)10-12-5-4-8-16-12/h11-12,14H,3-8,10H2,1-2H3. The van der Waals surface area contributed by atoms with Crippen molar-refractivity contribution in [2.24, 2.45) is 0 Å². The average molecular weight is 225 g/mol. The molecule has 4 nitrogen and oxygen atoms in total. The summed E-state index contributed by atoms with van der Waals surface area (Å²) in [7, 11) is 2.10. The third-order valence-electron chi connectivity index (χ3n) is 2.95. The lowest BCUT2D eigenvalue weighted by molar-refractivity contribution is 0.0805. The quantitative estimate of drug-likeness (QED) is 0.702. The van der Waals surface area contributed by atoms with Crippen LogP contribution in [-0.4, -0.2) is 50.3 Å². The van der Waals surface area contributed by atoms with Crippen LogP contribution in [-0.2, 0) is 4.74 Å². The van der Waals surface area contributed by atoms with Gasteiger partial charge >= 0.3 is 0 Å². The summed E-state index contributed by atoms with van der Waals surface area (Å²) in [5, 5.41) is 12.1. The van der Waals surface area contributed by atoms with Crippen LogP contribution < -0.4 is 5.32 Å². The van der Waals surface area contributed by atoms with Gasteiger partial charge in [0.05, 0.1) is 18.2 Å². The normalized spacial score (nSPS) is 22.2. The topological polar surface area (TPSA) is 48.3 Å². The highest BCUT2D eigenvalue weighted by atomic mass is 16.5. The summed E-state index contributed by atoms with van der Waals surface area (Å²) in [5.74, 6) is 0. The van der Waals surface area contributed by atoms with Crippen LogP contribution in [0.25, 0.3) is 0 Å². The van der Waals surface area contributed by atoms with Gasteiger partial charge in [0.15, 0.2) is 0 Å². The molecule has 1 aliphatic rings. The molecule has 0 aromatic rings. The third kappa shape index (κ3) is 4.93. The van der Waals surface area contributed by atoms with Crippen LogP contribution >= 0.6 is 0 Å². The van der Waals surface area contributed by atoms with Crippen LogP contribution in [0.3, 0.4) is 0 Å². The molecule has 92 valence electrons. The van der Waals surface area contributed by atoms with Gasteiger partial charge in [-0.15, -0.1) is 0 Å². The van der Waals surface area contributed by atoms with Gasteiger partial charge in [0.1, 0.15) is 0 Å². The average Bonchev–Trinajstić information content (AvgIpc) is 2.76. The number of ether oxygens (including phenoxy) is 1. The molecular formula is C12H23N3O. The highest BCUT2D eigenvalue weighted by Crippen LogP contribution is 2.12. The number of rotatable bonds is 7. The first-order chi connectivity index (χ1) is 7.76. The highest BCUT2D eigenvalue weighted by Gasteiger charge is 2.17. The molecule has 0 aliphatic carbocycles. The zero-order valence-electron chi connectivity index (χ0n) is 10.4. The summed E-state index contributed by atoms with van der Waals surface area (Å²) in [6.45, 7) is 5.74. The molecule has 0 aromatic heterocycles. The maximum absolute atomic E-state index is 8.90. The number of hydrogen-bond acceptors (Lipinski definition) is 4. The summed E-state index contributed by atoms with van der Waals surface area (Å²) in [4.78, 5) is 2.26. The Morgan fingerprint density at radius 3 is 3.00 bits per heavy atom. The Morgan fingerprint density at radius 2 is 2.44 bits per heavy atom. The predicted molar refractivity (Wildman–Crippen MR) is 64.2 cm³/mol. The van der Waals surface area contributed by atoms with Gasteiger partial charge in [0.2, 0.25) is 0 Å². The molecule has 2 unspecified atom stereocenters. The van der Waals surface area contributed by atoms with Crippen molar-refractivity contribution in [3.05, 3.63) is 0 Å². The van der Waals surface area contributed by atoms with Gasteiger partial charge in [-0.2, -0.15) is 5.26 Å². The maximum Gasteiger partial charge on any atom is 0.0965 e. The van der Waals surface area contributed by atoms with Crippen LogP contribution in [0.2, 0.25) is 0 Å². The Labute approximate surface area is 98.6 Å². The predicted octanol–water partition coefficient (Wildman–Crippen LogP) is 0.989. The second kappa shape index (κ2) is 7.61. The Balaban J connectivity index is 2.13. The minimum absolute atomic E-state index is 0.0167. The molecule has 0 spiro atoms. The Morgan fingerprint density at radius 1 is 1.62 bits per heavy atom. The first kappa shape index (κ1) is 13.4.